The summed E-state index contributed by atoms with van der Waals surface area (Å²) in [6, 6.07) is 0. The fraction of sp³-hybridized carbons (Fsp3) is 0.923. The number of rotatable bonds is 8. The van der Waals surface area contributed by atoms with Gasteiger partial charge in [-0.05, 0) is 41.0 Å². The van der Waals surface area contributed by atoms with Gasteiger partial charge in [-0.1, -0.05) is 0 Å². The van der Waals surface area contributed by atoms with Gasteiger partial charge >= 0.3 is 6.09 Å². The topological polar surface area (TPSA) is 56.8 Å². The molecule has 0 aliphatic rings. The van der Waals surface area contributed by atoms with E-state index in [1.807, 2.05) is 34.6 Å². The molecule has 0 bridgehead atoms. The molecule has 0 rings (SSSR count). The van der Waals surface area contributed by atoms with Crippen LogP contribution in [0.1, 0.15) is 47.5 Å². The lowest BCUT2D eigenvalue weighted by Gasteiger charge is -2.20. The number of carbonyl (C=O) groups excluding carboxylic acids is 1. The first-order valence-electron chi connectivity index (χ1n) is 6.59. The highest BCUT2D eigenvalue weighted by atomic mass is 16.7. The molecule has 5 heteroatoms. The Morgan fingerprint density at radius 1 is 1.17 bits per heavy atom. The van der Waals surface area contributed by atoms with Crippen LogP contribution >= 0.6 is 0 Å². The Morgan fingerprint density at radius 2 is 1.72 bits per heavy atom. The summed E-state index contributed by atoms with van der Waals surface area (Å²) in [4.78, 5) is 11.4. The minimum absolute atomic E-state index is 0.180. The van der Waals surface area contributed by atoms with Crippen molar-refractivity contribution in [3.63, 3.8) is 0 Å². The molecule has 0 aromatic carbocycles. The van der Waals surface area contributed by atoms with Gasteiger partial charge in [0.1, 0.15) is 5.60 Å². The number of carbonyl (C=O) groups is 1. The van der Waals surface area contributed by atoms with E-state index in [9.17, 15) is 4.79 Å². The fourth-order valence-electron chi connectivity index (χ4n) is 1.36. The van der Waals surface area contributed by atoms with E-state index in [2.05, 4.69) is 5.32 Å². The smallest absolute Gasteiger partial charge is 0.407 e. The molecule has 0 spiro atoms. The van der Waals surface area contributed by atoms with Gasteiger partial charge in [-0.15, -0.1) is 0 Å². The minimum atomic E-state index is -0.455. The summed E-state index contributed by atoms with van der Waals surface area (Å²) in [5.74, 6) is 0. The Kier molecular flexibility index (Phi) is 8.75. The first kappa shape index (κ1) is 17.2. The quantitative estimate of drug-likeness (QED) is 0.539. The normalized spacial score (nSPS) is 11.7. The number of nitrogens with one attached hydrogen (secondary N) is 1. The van der Waals surface area contributed by atoms with E-state index in [1.54, 1.807) is 0 Å². The van der Waals surface area contributed by atoms with Crippen LogP contribution in [-0.4, -0.2) is 37.7 Å². The molecule has 0 saturated heterocycles. The second-order valence-electron chi connectivity index (χ2n) is 4.91. The molecular weight excluding hydrogens is 234 g/mol. The van der Waals surface area contributed by atoms with Crippen molar-refractivity contribution in [1.29, 1.82) is 0 Å². The largest absolute Gasteiger partial charge is 0.444 e. The molecule has 0 aliphatic heterocycles. The van der Waals surface area contributed by atoms with Crippen LogP contribution in [0.4, 0.5) is 4.79 Å². The summed E-state index contributed by atoms with van der Waals surface area (Å²) >= 11 is 0. The van der Waals surface area contributed by atoms with Crippen LogP contribution in [0.2, 0.25) is 0 Å². The average molecular weight is 261 g/mol. The number of hydrogen-bond acceptors (Lipinski definition) is 4. The lowest BCUT2D eigenvalue weighted by atomic mass is 10.2. The highest BCUT2D eigenvalue weighted by Crippen LogP contribution is 2.07. The van der Waals surface area contributed by atoms with Crippen molar-refractivity contribution in [1.82, 2.24) is 5.32 Å². The van der Waals surface area contributed by atoms with Gasteiger partial charge in [-0.3, -0.25) is 0 Å². The van der Waals surface area contributed by atoms with Crippen LogP contribution in [0.3, 0.4) is 0 Å². The first-order chi connectivity index (χ1) is 8.39. The highest BCUT2D eigenvalue weighted by molar-refractivity contribution is 5.67. The van der Waals surface area contributed by atoms with Gasteiger partial charge in [0.2, 0.25) is 0 Å². The summed E-state index contributed by atoms with van der Waals surface area (Å²) in [6.45, 7) is 11.2. The first-order valence-corrected chi connectivity index (χ1v) is 6.59. The molecule has 0 fully saturated rings. The fourth-order valence-corrected chi connectivity index (χ4v) is 1.36. The molecule has 18 heavy (non-hydrogen) atoms. The van der Waals surface area contributed by atoms with E-state index in [-0.39, 0.29) is 12.4 Å². The van der Waals surface area contributed by atoms with Gasteiger partial charge in [-0.25, -0.2) is 4.79 Å². The summed E-state index contributed by atoms with van der Waals surface area (Å²) < 4.78 is 15.9. The van der Waals surface area contributed by atoms with Gasteiger partial charge < -0.3 is 19.5 Å². The standard InChI is InChI=1S/C13H27NO4/c1-6-16-11(17-7-2)9-8-10-14-12(15)18-13(3,4)5/h11H,6-10H2,1-5H3,(H,14,15). The number of ether oxygens (including phenoxy) is 3. The van der Waals surface area contributed by atoms with Crippen molar-refractivity contribution in [2.24, 2.45) is 0 Å². The Hall–Kier alpha value is -0.810. The molecule has 108 valence electrons. The Morgan fingerprint density at radius 3 is 2.17 bits per heavy atom. The van der Waals surface area contributed by atoms with E-state index in [1.165, 1.54) is 0 Å². The molecule has 1 amide bonds. The summed E-state index contributed by atoms with van der Waals surface area (Å²) in [6.07, 6.45) is 0.994. The average Bonchev–Trinajstić information content (AvgIpc) is 2.22. The molecule has 0 unspecified atom stereocenters. The molecule has 0 aromatic heterocycles. The van der Waals surface area contributed by atoms with Crippen LogP contribution < -0.4 is 5.32 Å². The monoisotopic (exact) mass is 261 g/mol. The van der Waals surface area contributed by atoms with Gasteiger partial charge in [-0.2, -0.15) is 0 Å². The van der Waals surface area contributed by atoms with Crippen molar-refractivity contribution in [3.05, 3.63) is 0 Å². The third-order valence-electron chi connectivity index (χ3n) is 1.99. The maximum Gasteiger partial charge on any atom is 0.407 e. The zero-order valence-corrected chi connectivity index (χ0v) is 12.2. The predicted octanol–water partition coefficient (Wildman–Crippen LogP) is 2.69. The van der Waals surface area contributed by atoms with Crippen LogP contribution in [0, 0.1) is 0 Å². The van der Waals surface area contributed by atoms with E-state index >= 15 is 0 Å². The van der Waals surface area contributed by atoms with Gasteiger partial charge in [0.15, 0.2) is 6.29 Å². The zero-order valence-electron chi connectivity index (χ0n) is 12.2. The van der Waals surface area contributed by atoms with Crippen molar-refractivity contribution >= 4 is 6.09 Å². The van der Waals surface area contributed by atoms with E-state index < -0.39 is 5.60 Å². The van der Waals surface area contributed by atoms with Crippen molar-refractivity contribution < 1.29 is 19.0 Å². The maximum atomic E-state index is 11.4. The lowest BCUT2D eigenvalue weighted by Crippen LogP contribution is -2.33. The van der Waals surface area contributed by atoms with Gasteiger partial charge in [0, 0.05) is 26.2 Å². The van der Waals surface area contributed by atoms with Crippen LogP contribution in [0.15, 0.2) is 0 Å². The molecule has 0 radical (unpaired) electrons. The third kappa shape index (κ3) is 10.4. The summed E-state index contributed by atoms with van der Waals surface area (Å²) in [7, 11) is 0. The van der Waals surface area contributed by atoms with E-state index in [4.69, 9.17) is 14.2 Å². The maximum absolute atomic E-state index is 11.4. The molecule has 0 aliphatic carbocycles. The molecule has 0 saturated carbocycles. The Labute approximate surface area is 110 Å². The second-order valence-corrected chi connectivity index (χ2v) is 4.91. The number of hydrogen-bond donors (Lipinski definition) is 1. The Balaban J connectivity index is 3.67. The van der Waals surface area contributed by atoms with Gasteiger partial charge in [0.05, 0.1) is 0 Å². The van der Waals surface area contributed by atoms with Crippen LogP contribution in [0.5, 0.6) is 0 Å². The zero-order chi connectivity index (χ0) is 14.0. The van der Waals surface area contributed by atoms with Crippen molar-refractivity contribution in [3.8, 4) is 0 Å². The van der Waals surface area contributed by atoms with Crippen LogP contribution in [-0.2, 0) is 14.2 Å². The molecular formula is C13H27NO4. The third-order valence-corrected chi connectivity index (χ3v) is 1.99. The molecule has 0 aromatic rings. The molecule has 1 N–H and O–H groups in total. The Bertz CT molecular complexity index is 220. The minimum Gasteiger partial charge on any atom is -0.444 e. The molecule has 5 nitrogen and oxygen atoms in total. The van der Waals surface area contributed by atoms with Crippen molar-refractivity contribution in [2.45, 2.75) is 59.4 Å². The van der Waals surface area contributed by atoms with Crippen LogP contribution in [0.25, 0.3) is 0 Å². The highest BCUT2D eigenvalue weighted by Gasteiger charge is 2.15. The van der Waals surface area contributed by atoms with E-state index in [0.29, 0.717) is 19.8 Å². The summed E-state index contributed by atoms with van der Waals surface area (Å²) in [5.41, 5.74) is -0.455. The lowest BCUT2D eigenvalue weighted by molar-refractivity contribution is -0.139. The predicted molar refractivity (Wildman–Crippen MR) is 70.5 cm³/mol. The summed E-state index contributed by atoms with van der Waals surface area (Å²) in [5, 5.41) is 2.71. The SMILES string of the molecule is CCOC(CCCNC(=O)OC(C)(C)C)OCC. The molecule has 0 heterocycles. The van der Waals surface area contributed by atoms with Gasteiger partial charge in [0.25, 0.3) is 0 Å². The second kappa shape index (κ2) is 9.16. The number of alkyl carbamates (subject to hydrolysis) is 1. The molecule has 0 atom stereocenters. The van der Waals surface area contributed by atoms with E-state index in [0.717, 1.165) is 12.8 Å². The van der Waals surface area contributed by atoms with Crippen molar-refractivity contribution in [2.75, 3.05) is 19.8 Å². The number of amides is 1.